The molecule has 0 amide bonds. The summed E-state index contributed by atoms with van der Waals surface area (Å²) in [4.78, 5) is 28.8. The maximum Gasteiger partial charge on any atom is 0.487 e. The molecule has 344 valence electrons. The normalized spacial score (nSPS) is 27.8. The third kappa shape index (κ3) is 9.22. The van der Waals surface area contributed by atoms with Gasteiger partial charge in [-0.1, -0.05) is 92.2 Å². The van der Waals surface area contributed by atoms with Gasteiger partial charge in [0.25, 0.3) is 0 Å². The molecule has 6 aliphatic rings. The van der Waals surface area contributed by atoms with E-state index in [9.17, 15) is 0 Å². The van der Waals surface area contributed by atoms with Gasteiger partial charge < -0.3 is 31.0 Å². The molecular weight excluding hydrogens is 899 g/mol. The molecule has 4 aromatic carbocycles. The lowest BCUT2D eigenvalue weighted by atomic mass is 9.80. The minimum Gasteiger partial charge on any atom is -0.487 e. The van der Waals surface area contributed by atoms with Crippen molar-refractivity contribution < 1.29 is 29.2 Å². The molecule has 4 spiro atoms. The summed E-state index contributed by atoms with van der Waals surface area (Å²) in [6.45, 7) is 23.1. The van der Waals surface area contributed by atoms with Crippen molar-refractivity contribution in [1.82, 2.24) is 10.1 Å². The summed E-state index contributed by atoms with van der Waals surface area (Å²) in [5.41, 5.74) is 15.2. The molecule has 4 aromatic rings. The number of halogens is 1. The van der Waals surface area contributed by atoms with Crippen molar-refractivity contribution >= 4 is 51.8 Å². The van der Waals surface area contributed by atoms with Crippen LogP contribution in [0.3, 0.4) is 0 Å². The average molecular weight is 958 g/mol. The fourth-order valence-corrected chi connectivity index (χ4v) is 10.8. The first-order valence-corrected chi connectivity index (χ1v) is 23.4. The summed E-state index contributed by atoms with van der Waals surface area (Å²) in [5, 5.41) is 20.5. The fraction of sp³-hybridized carbons (Fsp3) is 0.440. The summed E-state index contributed by atoms with van der Waals surface area (Å²) < 4.78 is 14.2. The zero-order valence-corrected chi connectivity index (χ0v) is 40.0. The van der Waals surface area contributed by atoms with Gasteiger partial charge in [0.2, 0.25) is 23.4 Å². The molecule has 0 aromatic heterocycles. The van der Waals surface area contributed by atoms with E-state index in [-0.39, 0.29) is 11.2 Å². The molecule has 6 atom stereocenters. The van der Waals surface area contributed by atoms with Gasteiger partial charge in [-0.05, 0) is 115 Å². The molecule has 0 bridgehead atoms. The van der Waals surface area contributed by atoms with Crippen molar-refractivity contribution in [2.24, 2.45) is 45.1 Å². The summed E-state index contributed by atoms with van der Waals surface area (Å²) in [6.07, 6.45) is 7.77. The number of nitrogens with two attached hydrogens (primary N) is 2. The Hall–Kier alpha value is -5.62. The predicted octanol–water partition coefficient (Wildman–Crippen LogP) is 8.91. The Bertz CT molecular complexity index is 2630. The highest BCUT2D eigenvalue weighted by atomic mass is 79.9. The van der Waals surface area contributed by atoms with Gasteiger partial charge >= 0.3 is 7.12 Å². The third-order valence-electron chi connectivity index (χ3n) is 14.1. The second kappa shape index (κ2) is 18.2. The minimum absolute atomic E-state index is 0.218. The smallest absolute Gasteiger partial charge is 0.487 e. The third-order valence-corrected chi connectivity index (χ3v) is 14.5. The Morgan fingerprint density at radius 1 is 0.697 bits per heavy atom. The number of aliphatic imine (C=N–C) groups is 2. The largest absolute Gasteiger partial charge is 0.487 e. The summed E-state index contributed by atoms with van der Waals surface area (Å²) >= 11 is 3.55. The van der Waals surface area contributed by atoms with Gasteiger partial charge in [0.15, 0.2) is 11.4 Å². The Balaban J connectivity index is 0.000000149. The highest BCUT2D eigenvalue weighted by Gasteiger charge is 2.58. The van der Waals surface area contributed by atoms with Crippen LogP contribution >= 0.6 is 15.9 Å². The molecule has 2 fully saturated rings. The number of hydrogen-bond acceptors (Lipinski definition) is 12. The molecule has 66 heavy (non-hydrogen) atoms. The number of rotatable bonds is 4. The zero-order valence-electron chi connectivity index (χ0n) is 38.4. The van der Waals surface area contributed by atoms with E-state index in [1.807, 2.05) is 48.5 Å². The van der Waals surface area contributed by atoms with Crippen molar-refractivity contribution in [1.29, 1.82) is 0 Å². The molecule has 0 saturated heterocycles. The van der Waals surface area contributed by atoms with Gasteiger partial charge in [-0.2, -0.15) is 0 Å². The topological polar surface area (TPSA) is 169 Å². The van der Waals surface area contributed by atoms with Crippen molar-refractivity contribution in [3.8, 4) is 22.6 Å². The molecule has 6 unspecified atom stereocenters. The lowest BCUT2D eigenvalue weighted by Gasteiger charge is -2.43. The van der Waals surface area contributed by atoms with Crippen molar-refractivity contribution in [2.75, 3.05) is 14.1 Å². The number of fused-ring (bicyclic) bond motifs is 4. The lowest BCUT2D eigenvalue weighted by molar-refractivity contribution is -0.204. The molecule has 14 nitrogen and oxygen atoms in total. The number of ether oxygens (including phenoxy) is 2. The van der Waals surface area contributed by atoms with Gasteiger partial charge in [-0.25, -0.2) is 39.5 Å². The predicted molar refractivity (Wildman–Crippen MR) is 259 cm³/mol. The Morgan fingerprint density at radius 3 is 1.65 bits per heavy atom. The van der Waals surface area contributed by atoms with E-state index in [4.69, 9.17) is 63.8 Å². The van der Waals surface area contributed by atoms with Crippen LogP contribution in [0.15, 0.2) is 99.4 Å². The van der Waals surface area contributed by atoms with Crippen molar-refractivity contribution in [2.45, 2.75) is 102 Å². The Kier molecular flexibility index (Phi) is 13.0. The number of hydroxylamine groups is 4. The summed E-state index contributed by atoms with van der Waals surface area (Å²) in [6, 6.07) is 26.1. The monoisotopic (exact) mass is 956 g/mol. The molecule has 4 aliphatic heterocycles. The van der Waals surface area contributed by atoms with E-state index in [1.165, 1.54) is 12.5 Å². The lowest BCUT2D eigenvalue weighted by Crippen LogP contribution is -2.47. The minimum atomic E-state index is -1.49. The first kappa shape index (κ1) is 46.9. The molecule has 0 radical (unpaired) electrons. The number of nitrogens with zero attached hydrogens (tertiary/aromatic N) is 6. The summed E-state index contributed by atoms with van der Waals surface area (Å²) in [7, 11) is 2.11. The van der Waals surface area contributed by atoms with Crippen LogP contribution in [0.25, 0.3) is 20.8 Å². The average Bonchev–Trinajstić information content (AvgIpc) is 4.04. The molecule has 4 heterocycles. The van der Waals surface area contributed by atoms with Crippen molar-refractivity contribution in [3.05, 3.63) is 123 Å². The molecule has 2 saturated carbocycles. The first-order chi connectivity index (χ1) is 31.4. The van der Waals surface area contributed by atoms with Crippen LogP contribution in [0, 0.1) is 36.8 Å². The van der Waals surface area contributed by atoms with Gasteiger partial charge in [0, 0.05) is 31.4 Å². The number of hydrogen-bond donors (Lipinski definition) is 4. The van der Waals surface area contributed by atoms with Crippen LogP contribution < -0.4 is 26.4 Å². The van der Waals surface area contributed by atoms with E-state index < -0.39 is 18.6 Å². The summed E-state index contributed by atoms with van der Waals surface area (Å²) in [5.74, 6) is 5.06. The molecular formula is C50H58BBrN8O6. The van der Waals surface area contributed by atoms with Crippen LogP contribution in [0.5, 0.6) is 11.5 Å². The molecule has 16 heteroatoms. The van der Waals surface area contributed by atoms with E-state index in [0.717, 1.165) is 70.3 Å². The molecule has 10 rings (SSSR count). The van der Waals surface area contributed by atoms with Gasteiger partial charge in [-0.3, -0.25) is 0 Å². The van der Waals surface area contributed by atoms with E-state index in [1.54, 1.807) is 42.4 Å². The van der Waals surface area contributed by atoms with E-state index in [0.29, 0.717) is 65.3 Å². The SMILES string of the molecule is CC(C)C1CCC2(C1)CC1(N=C(N)N(C)O1)c1cc(Br)ccc1O2.[C-]#[N+]c1cccc(-c2ccc3c(c2)C2(CC4(CCC(C(C)C)C4)O3)N=C(N)N(C)O2)c1.[C-]#[N+]c1cccc(B(O)O)c1. The maximum atomic E-state index is 8.70. The van der Waals surface area contributed by atoms with Gasteiger partial charge in [0.05, 0.1) is 24.3 Å². The van der Waals surface area contributed by atoms with Crippen LogP contribution in [0.1, 0.15) is 90.2 Å². The standard InChI is InChI=1S/C25H28N4O2.C18H24BrN3O2.C7H6BNO2/c1-16(2)19-10-11-24(14-19)15-25(28-23(26)29(4)31-25)21-13-18(8-9-22(21)30-24)17-6-5-7-20(12-17)27-3;1-11(2)12-6-7-17(9-12)10-18(21-16(20)22(3)24-18)14-8-13(19)4-5-15(14)23-17;1-9-7-4-2-3-6(5-7)8(10)11/h5-9,12-13,16,19H,10-11,14-15H2,1-2,4H3,(H2,26,28);4-5,8,11-12H,6-7,9-10H2,1-3H3,(H2,20,21);2-5,10-11H. The second-order valence-corrected chi connectivity index (χ2v) is 20.1. The zero-order chi connectivity index (χ0) is 47.2. The molecule has 6 N–H and O–H groups in total. The van der Waals surface area contributed by atoms with E-state index >= 15 is 0 Å². The Labute approximate surface area is 396 Å². The number of benzene rings is 4. The highest BCUT2D eigenvalue weighted by molar-refractivity contribution is 9.10. The quantitative estimate of drug-likeness (QED) is 0.115. The van der Waals surface area contributed by atoms with Gasteiger partial charge in [-0.15, -0.1) is 0 Å². The van der Waals surface area contributed by atoms with Crippen molar-refractivity contribution in [3.63, 3.8) is 0 Å². The Morgan fingerprint density at radius 2 is 1.18 bits per heavy atom. The number of guanidine groups is 2. The van der Waals surface area contributed by atoms with Crippen LogP contribution in [-0.2, 0) is 21.1 Å². The van der Waals surface area contributed by atoms with Crippen LogP contribution in [0.4, 0.5) is 11.4 Å². The molecule has 2 aliphatic carbocycles. The first-order valence-electron chi connectivity index (χ1n) is 22.6. The fourth-order valence-electron chi connectivity index (χ4n) is 10.5. The maximum absolute atomic E-state index is 8.70. The van der Waals surface area contributed by atoms with Crippen LogP contribution in [-0.4, -0.2) is 64.5 Å². The highest BCUT2D eigenvalue weighted by Crippen LogP contribution is 2.57. The second-order valence-electron chi connectivity index (χ2n) is 19.2. The van der Waals surface area contributed by atoms with Gasteiger partial charge in [0.1, 0.15) is 22.7 Å². The van der Waals surface area contributed by atoms with E-state index in [2.05, 4.69) is 65.4 Å². The van der Waals surface area contributed by atoms with Crippen LogP contribution in [0.2, 0.25) is 0 Å².